The molecule has 0 aliphatic carbocycles. The fourth-order valence-corrected chi connectivity index (χ4v) is 2.13. The fourth-order valence-electron chi connectivity index (χ4n) is 2.13. The van der Waals surface area contributed by atoms with E-state index in [4.69, 9.17) is 4.74 Å². The van der Waals surface area contributed by atoms with Crippen molar-refractivity contribution < 1.29 is 9.84 Å². The molecule has 0 fully saturated rings. The molecule has 1 aromatic rings. The molecule has 2 rings (SSSR count). The minimum Gasteiger partial charge on any atom is -0.504 e. The maximum atomic E-state index is 9.68. The molecule has 1 aromatic carbocycles. The van der Waals surface area contributed by atoms with Gasteiger partial charge in [-0.1, -0.05) is 26.7 Å². The Hall–Kier alpha value is -1.18. The third-order valence-electron chi connectivity index (χ3n) is 3.15. The van der Waals surface area contributed by atoms with Gasteiger partial charge in [0.1, 0.15) is 0 Å². The van der Waals surface area contributed by atoms with Gasteiger partial charge in [0.2, 0.25) is 5.75 Å². The van der Waals surface area contributed by atoms with Crippen LogP contribution in [-0.4, -0.2) is 5.11 Å². The van der Waals surface area contributed by atoms with E-state index >= 15 is 0 Å². The molecule has 0 amide bonds. The fraction of sp³-hybridized carbons (Fsp3) is 0.571. The zero-order chi connectivity index (χ0) is 11.5. The molecule has 0 aromatic heterocycles. The lowest BCUT2D eigenvalue weighted by Crippen LogP contribution is -1.93. The number of rotatable bonds is 6. The molecule has 88 valence electrons. The first-order chi connectivity index (χ1) is 7.77. The Labute approximate surface area is 97.3 Å². The lowest BCUT2D eigenvalue weighted by Gasteiger charge is -2.06. The largest absolute Gasteiger partial charge is 0.504 e. The number of aromatic hydroxyl groups is 1. The van der Waals surface area contributed by atoms with E-state index in [1.807, 2.05) is 6.07 Å². The van der Waals surface area contributed by atoms with Gasteiger partial charge in [-0.05, 0) is 37.3 Å². The third kappa shape index (κ3) is 2.16. The van der Waals surface area contributed by atoms with Crippen molar-refractivity contribution in [2.75, 3.05) is 0 Å². The van der Waals surface area contributed by atoms with Crippen LogP contribution in [0.5, 0.6) is 17.2 Å². The van der Waals surface area contributed by atoms with E-state index in [-0.39, 0.29) is 0 Å². The van der Waals surface area contributed by atoms with Crippen LogP contribution in [0.4, 0.5) is 0 Å². The number of hydrogen-bond acceptors (Lipinski definition) is 2. The molecular weight excluding hydrogens is 200 g/mol. The Balaban J connectivity index is 2.20. The Morgan fingerprint density at radius 2 is 1.75 bits per heavy atom. The van der Waals surface area contributed by atoms with Crippen LogP contribution in [0, 0.1) is 0 Å². The monoisotopic (exact) mass is 220 g/mol. The normalized spacial score (nSPS) is 12.1. The zero-order valence-corrected chi connectivity index (χ0v) is 10.2. The second kappa shape index (κ2) is 4.77. The lowest BCUT2D eigenvalue weighted by molar-refractivity contribution is 0.463. The summed E-state index contributed by atoms with van der Waals surface area (Å²) >= 11 is 0. The number of unbranched alkanes of at least 4 members (excludes halogenated alkanes) is 2. The first-order valence-corrected chi connectivity index (χ1v) is 6.33. The van der Waals surface area contributed by atoms with Crippen molar-refractivity contribution in [3.8, 4) is 17.2 Å². The molecule has 16 heavy (non-hydrogen) atoms. The van der Waals surface area contributed by atoms with E-state index in [9.17, 15) is 5.11 Å². The minimum absolute atomic E-state index is 0.321. The smallest absolute Gasteiger partial charge is 0.211 e. The Morgan fingerprint density at radius 3 is 2.44 bits per heavy atom. The second-order valence-corrected chi connectivity index (χ2v) is 4.50. The maximum Gasteiger partial charge on any atom is 0.211 e. The minimum atomic E-state index is 0.321. The van der Waals surface area contributed by atoms with Crippen molar-refractivity contribution in [3.63, 3.8) is 0 Å². The Morgan fingerprint density at radius 1 is 1.06 bits per heavy atom. The van der Waals surface area contributed by atoms with Gasteiger partial charge in [-0.3, -0.25) is 0 Å². The summed E-state index contributed by atoms with van der Waals surface area (Å²) in [5, 5.41) is 9.68. The number of fused-ring (bicyclic) bond motifs is 1. The van der Waals surface area contributed by atoms with Crippen molar-refractivity contribution >= 4 is 0 Å². The molecule has 1 aliphatic rings. The molecule has 2 nitrogen and oxygen atoms in total. The van der Waals surface area contributed by atoms with Gasteiger partial charge in [0.25, 0.3) is 0 Å². The quantitative estimate of drug-likeness (QED) is 0.740. The van der Waals surface area contributed by atoms with Crippen LogP contribution >= 0.6 is 0 Å². The predicted molar refractivity (Wildman–Crippen MR) is 65.4 cm³/mol. The highest BCUT2D eigenvalue weighted by Gasteiger charge is 2.30. The van der Waals surface area contributed by atoms with Gasteiger partial charge >= 0.3 is 0 Å². The van der Waals surface area contributed by atoms with E-state index in [0.717, 1.165) is 18.6 Å². The van der Waals surface area contributed by atoms with Crippen LogP contribution in [0.3, 0.4) is 0 Å². The van der Waals surface area contributed by atoms with Crippen molar-refractivity contribution in [1.82, 2.24) is 0 Å². The van der Waals surface area contributed by atoms with Crippen LogP contribution in [0.25, 0.3) is 0 Å². The number of aryl methyl sites for hydroxylation is 1. The van der Waals surface area contributed by atoms with Gasteiger partial charge in [-0.25, -0.2) is 0 Å². The number of benzene rings is 1. The van der Waals surface area contributed by atoms with Gasteiger partial charge in [0.15, 0.2) is 11.5 Å². The van der Waals surface area contributed by atoms with E-state index in [0.29, 0.717) is 11.5 Å². The van der Waals surface area contributed by atoms with Crippen LogP contribution in [-0.2, 0) is 12.8 Å². The van der Waals surface area contributed by atoms with Gasteiger partial charge in [0.05, 0.1) is 0 Å². The zero-order valence-electron chi connectivity index (χ0n) is 10.2. The molecule has 0 atom stereocenters. The first kappa shape index (κ1) is 11.3. The number of phenolic OH excluding ortho intramolecular Hbond substituents is 1. The standard InChI is InChI=1S/C14H20O2/c1-3-5-7-10-9-12(15)14-13(16-14)11(10)8-6-4-2/h9,15H,3-8H2,1-2H3. The number of phenols is 1. The summed E-state index contributed by atoms with van der Waals surface area (Å²) in [6.07, 6.45) is 6.89. The average Bonchev–Trinajstić information content (AvgIpc) is 3.06. The molecular formula is C14H20O2. The Kier molecular flexibility index (Phi) is 3.37. The summed E-state index contributed by atoms with van der Waals surface area (Å²) in [4.78, 5) is 0. The third-order valence-corrected chi connectivity index (χ3v) is 3.15. The lowest BCUT2D eigenvalue weighted by atomic mass is 9.97. The van der Waals surface area contributed by atoms with Crippen LogP contribution in [0.15, 0.2) is 6.07 Å². The molecule has 0 saturated heterocycles. The molecule has 1 aliphatic heterocycles. The summed E-state index contributed by atoms with van der Waals surface area (Å²) < 4.78 is 5.37. The average molecular weight is 220 g/mol. The van der Waals surface area contributed by atoms with Crippen LogP contribution < -0.4 is 4.74 Å². The topological polar surface area (TPSA) is 32.8 Å². The second-order valence-electron chi connectivity index (χ2n) is 4.50. The summed E-state index contributed by atoms with van der Waals surface area (Å²) in [6, 6.07) is 1.90. The number of ether oxygens (including phenoxy) is 1. The highest BCUT2D eigenvalue weighted by atomic mass is 16.6. The Bertz CT molecular complexity index is 383. The maximum absolute atomic E-state index is 9.68. The van der Waals surface area contributed by atoms with E-state index in [1.165, 1.54) is 36.8 Å². The predicted octanol–water partition coefficient (Wildman–Crippen LogP) is 4.18. The summed E-state index contributed by atoms with van der Waals surface area (Å²) in [6.45, 7) is 4.39. The van der Waals surface area contributed by atoms with Crippen molar-refractivity contribution in [3.05, 3.63) is 17.2 Å². The van der Waals surface area contributed by atoms with Crippen LogP contribution in [0.2, 0.25) is 0 Å². The summed E-state index contributed by atoms with van der Waals surface area (Å²) in [5.41, 5.74) is 2.62. The molecule has 0 saturated carbocycles. The SMILES string of the molecule is CCCCc1cc(O)c2c(c1CCCC)O2. The van der Waals surface area contributed by atoms with Crippen molar-refractivity contribution in [2.24, 2.45) is 0 Å². The molecule has 1 N–H and O–H groups in total. The summed E-state index contributed by atoms with van der Waals surface area (Å²) in [7, 11) is 0. The molecule has 0 radical (unpaired) electrons. The molecule has 0 unspecified atom stereocenters. The number of hydrogen-bond donors (Lipinski definition) is 1. The van der Waals surface area contributed by atoms with Gasteiger partial charge in [-0.2, -0.15) is 0 Å². The molecule has 1 heterocycles. The molecule has 0 spiro atoms. The van der Waals surface area contributed by atoms with E-state index in [1.54, 1.807) is 0 Å². The first-order valence-electron chi connectivity index (χ1n) is 6.33. The van der Waals surface area contributed by atoms with Crippen molar-refractivity contribution in [1.29, 1.82) is 0 Å². The molecule has 0 bridgehead atoms. The summed E-state index contributed by atoms with van der Waals surface area (Å²) in [5.74, 6) is 1.99. The van der Waals surface area contributed by atoms with Crippen LogP contribution in [0.1, 0.15) is 50.7 Å². The van der Waals surface area contributed by atoms with Gasteiger partial charge in [0, 0.05) is 5.56 Å². The van der Waals surface area contributed by atoms with E-state index < -0.39 is 0 Å². The van der Waals surface area contributed by atoms with Crippen molar-refractivity contribution in [2.45, 2.75) is 52.4 Å². The van der Waals surface area contributed by atoms with Gasteiger partial charge in [-0.15, -0.1) is 0 Å². The van der Waals surface area contributed by atoms with E-state index in [2.05, 4.69) is 13.8 Å². The highest BCUT2D eigenvalue weighted by molar-refractivity contribution is 5.68. The highest BCUT2D eigenvalue weighted by Crippen LogP contribution is 2.56. The molecule has 2 heteroatoms. The van der Waals surface area contributed by atoms with Gasteiger partial charge < -0.3 is 9.84 Å².